The first kappa shape index (κ1) is 35.0. The number of carbonyl (C=O) groups is 2. The second kappa shape index (κ2) is 23.4. The molecule has 2 fully saturated rings. The molecule has 0 atom stereocenters. The van der Waals surface area contributed by atoms with Crippen LogP contribution in [0.25, 0.3) is 0 Å². The van der Waals surface area contributed by atoms with Gasteiger partial charge >= 0.3 is 11.9 Å². The minimum absolute atomic E-state index is 0.0995. The number of nitrogens with one attached hydrogen (secondary N) is 1. The Hall–Kier alpha value is -1.22. The Morgan fingerprint density at radius 2 is 0.950 bits per heavy atom. The maximum Gasteiger partial charge on any atom is 0.317 e. The van der Waals surface area contributed by atoms with Gasteiger partial charge in [0.15, 0.2) is 0 Å². The summed E-state index contributed by atoms with van der Waals surface area (Å²) in [7, 11) is 0. The molecule has 3 N–H and O–H groups in total. The third-order valence-electron chi connectivity index (χ3n) is 8.86. The number of carboxylic acid groups (broad SMARTS) is 2. The molecule has 0 aromatic rings. The van der Waals surface area contributed by atoms with E-state index in [4.69, 9.17) is 0 Å². The predicted octanol–water partition coefficient (Wildman–Crippen LogP) is 5.46. The molecule has 0 aromatic carbocycles. The molecule has 1 aliphatic heterocycles. The van der Waals surface area contributed by atoms with Crippen LogP contribution in [0.2, 0.25) is 0 Å². The third kappa shape index (κ3) is 18.3. The molecule has 0 radical (unpaired) electrons. The highest BCUT2D eigenvalue weighted by Crippen LogP contribution is 2.21. The lowest BCUT2D eigenvalue weighted by Gasteiger charge is -2.34. The zero-order valence-electron chi connectivity index (χ0n) is 25.6. The number of hydrogen-bond donors (Lipinski definition) is 3. The van der Waals surface area contributed by atoms with Crippen LogP contribution in [0.1, 0.15) is 122 Å². The molecule has 2 rings (SSSR count). The zero-order valence-corrected chi connectivity index (χ0v) is 25.6. The molecule has 8 nitrogen and oxygen atoms in total. The highest BCUT2D eigenvalue weighted by molar-refractivity contribution is 5.69. The van der Waals surface area contributed by atoms with Crippen LogP contribution in [0, 0.1) is 0 Å². The molecule has 0 aromatic heterocycles. The van der Waals surface area contributed by atoms with Crippen molar-refractivity contribution in [3.8, 4) is 0 Å². The van der Waals surface area contributed by atoms with Crippen LogP contribution >= 0.6 is 0 Å². The molecule has 8 heteroatoms. The normalized spacial score (nSPS) is 23.9. The van der Waals surface area contributed by atoms with Gasteiger partial charge in [0.05, 0.1) is 13.1 Å². The molecule has 1 heterocycles. The lowest BCUT2D eigenvalue weighted by Crippen LogP contribution is -2.44. The molecule has 1 aliphatic carbocycles. The summed E-state index contributed by atoms with van der Waals surface area (Å²) >= 11 is 0. The highest BCUT2D eigenvalue weighted by Gasteiger charge is 2.20. The van der Waals surface area contributed by atoms with Crippen molar-refractivity contribution in [2.45, 2.75) is 128 Å². The second-order valence-corrected chi connectivity index (χ2v) is 12.4. The Kier molecular flexibility index (Phi) is 20.4. The van der Waals surface area contributed by atoms with Gasteiger partial charge in [0.2, 0.25) is 0 Å². The van der Waals surface area contributed by atoms with Crippen LogP contribution in [0.3, 0.4) is 0 Å². The molecule has 0 bridgehead atoms. The van der Waals surface area contributed by atoms with Gasteiger partial charge < -0.3 is 15.5 Å². The van der Waals surface area contributed by atoms with Crippen molar-refractivity contribution in [2.75, 3.05) is 65.4 Å². The Labute approximate surface area is 245 Å². The van der Waals surface area contributed by atoms with Gasteiger partial charge in [-0.05, 0) is 58.3 Å². The van der Waals surface area contributed by atoms with E-state index in [9.17, 15) is 19.8 Å². The Bertz CT molecular complexity index is 634. The predicted molar refractivity (Wildman–Crippen MR) is 164 cm³/mol. The van der Waals surface area contributed by atoms with E-state index in [2.05, 4.69) is 20.0 Å². The van der Waals surface area contributed by atoms with E-state index in [1.807, 2.05) is 0 Å². The van der Waals surface area contributed by atoms with Crippen LogP contribution in [0.5, 0.6) is 0 Å². The average molecular weight is 567 g/mol. The standard InChI is InChI=1S/C32H62N4O4/c37-31(38)28-34-22-15-12-16-24-36(27-26-35(29-32(39)40)23-17-20-33-21-25-34)30-18-13-10-8-6-4-2-1-3-5-7-9-11-14-19-30/h30,33H,1-29H2,(H,37,38)(H,39,40). The first-order valence-corrected chi connectivity index (χ1v) is 16.9. The first-order chi connectivity index (χ1) is 19.5. The summed E-state index contributed by atoms with van der Waals surface area (Å²) < 4.78 is 0. The van der Waals surface area contributed by atoms with Crippen molar-refractivity contribution in [1.82, 2.24) is 20.0 Å². The molecule has 1 saturated carbocycles. The Morgan fingerprint density at radius 1 is 0.500 bits per heavy atom. The van der Waals surface area contributed by atoms with Crippen molar-refractivity contribution in [2.24, 2.45) is 0 Å². The smallest absolute Gasteiger partial charge is 0.317 e. The molecular weight excluding hydrogens is 504 g/mol. The highest BCUT2D eigenvalue weighted by atomic mass is 16.4. The van der Waals surface area contributed by atoms with E-state index < -0.39 is 11.9 Å². The van der Waals surface area contributed by atoms with Crippen molar-refractivity contribution < 1.29 is 19.8 Å². The third-order valence-corrected chi connectivity index (χ3v) is 8.86. The Balaban J connectivity index is 2.04. The van der Waals surface area contributed by atoms with Crippen LogP contribution in [0.15, 0.2) is 0 Å². The van der Waals surface area contributed by atoms with E-state index in [1.54, 1.807) is 0 Å². The number of carboxylic acids is 2. The van der Waals surface area contributed by atoms with Gasteiger partial charge in [0.25, 0.3) is 0 Å². The summed E-state index contributed by atoms with van der Waals surface area (Å²) in [4.78, 5) is 29.9. The molecular formula is C32H62N4O4. The van der Waals surface area contributed by atoms with Crippen LogP contribution in [-0.4, -0.2) is 108 Å². The lowest BCUT2D eigenvalue weighted by atomic mass is 9.97. The van der Waals surface area contributed by atoms with Gasteiger partial charge in [-0.25, -0.2) is 0 Å². The fraction of sp³-hybridized carbons (Fsp3) is 0.938. The van der Waals surface area contributed by atoms with Gasteiger partial charge in [0.1, 0.15) is 0 Å². The molecule has 0 unspecified atom stereocenters. The Morgan fingerprint density at radius 3 is 1.50 bits per heavy atom. The van der Waals surface area contributed by atoms with Crippen LogP contribution in [-0.2, 0) is 9.59 Å². The van der Waals surface area contributed by atoms with E-state index in [1.165, 1.54) is 96.3 Å². The number of rotatable bonds is 5. The van der Waals surface area contributed by atoms with Gasteiger partial charge in [-0.15, -0.1) is 0 Å². The number of aliphatic carboxylic acids is 2. The maximum absolute atomic E-state index is 11.6. The van der Waals surface area contributed by atoms with E-state index in [-0.39, 0.29) is 13.1 Å². The van der Waals surface area contributed by atoms with Gasteiger partial charge in [0, 0.05) is 32.2 Å². The summed E-state index contributed by atoms with van der Waals surface area (Å²) in [6.45, 7) is 6.95. The SMILES string of the molecule is O=C(O)CN1CCCCCN(C2CCCCCCCCCCCCCCC2)CCN(CC(=O)O)CCCNCC1. The van der Waals surface area contributed by atoms with E-state index in [0.717, 1.165) is 78.0 Å². The van der Waals surface area contributed by atoms with Crippen LogP contribution in [0.4, 0.5) is 0 Å². The van der Waals surface area contributed by atoms with Gasteiger partial charge in [-0.1, -0.05) is 89.9 Å². The molecule has 0 amide bonds. The van der Waals surface area contributed by atoms with Gasteiger partial charge in [-0.3, -0.25) is 24.3 Å². The summed E-state index contributed by atoms with van der Waals surface area (Å²) in [5.41, 5.74) is 0. The number of nitrogens with zero attached hydrogens (tertiary/aromatic N) is 3. The summed E-state index contributed by atoms with van der Waals surface area (Å²) in [5, 5.41) is 22.3. The fourth-order valence-corrected chi connectivity index (χ4v) is 6.50. The summed E-state index contributed by atoms with van der Waals surface area (Å²) in [5.74, 6) is -1.51. The summed E-state index contributed by atoms with van der Waals surface area (Å²) in [6, 6.07) is 0.587. The van der Waals surface area contributed by atoms with Crippen molar-refractivity contribution in [3.05, 3.63) is 0 Å². The lowest BCUT2D eigenvalue weighted by molar-refractivity contribution is -0.139. The molecule has 0 spiro atoms. The summed E-state index contributed by atoms with van der Waals surface area (Å²) in [6.07, 6.45) is 24.5. The van der Waals surface area contributed by atoms with Crippen molar-refractivity contribution >= 4 is 11.9 Å². The first-order valence-electron chi connectivity index (χ1n) is 16.9. The zero-order chi connectivity index (χ0) is 28.7. The fourth-order valence-electron chi connectivity index (χ4n) is 6.50. The van der Waals surface area contributed by atoms with Crippen molar-refractivity contribution in [3.63, 3.8) is 0 Å². The average Bonchev–Trinajstić information content (AvgIpc) is 2.90. The number of hydrogen-bond acceptors (Lipinski definition) is 6. The van der Waals surface area contributed by atoms with Gasteiger partial charge in [-0.2, -0.15) is 0 Å². The van der Waals surface area contributed by atoms with E-state index >= 15 is 0 Å². The van der Waals surface area contributed by atoms with Crippen LogP contribution < -0.4 is 5.32 Å². The second-order valence-electron chi connectivity index (χ2n) is 12.4. The minimum atomic E-state index is -0.759. The maximum atomic E-state index is 11.6. The monoisotopic (exact) mass is 566 g/mol. The van der Waals surface area contributed by atoms with E-state index in [0.29, 0.717) is 6.04 Å². The molecule has 2 aliphatic rings. The molecule has 234 valence electrons. The largest absolute Gasteiger partial charge is 0.480 e. The van der Waals surface area contributed by atoms with Crippen molar-refractivity contribution in [1.29, 1.82) is 0 Å². The molecule has 1 saturated heterocycles. The quantitative estimate of drug-likeness (QED) is 0.404. The minimum Gasteiger partial charge on any atom is -0.480 e. The topological polar surface area (TPSA) is 96.4 Å². The molecule has 40 heavy (non-hydrogen) atoms.